The predicted octanol–water partition coefficient (Wildman–Crippen LogP) is 1.26. The molecular formula is C8H6F3N5. The second-order valence-corrected chi connectivity index (χ2v) is 2.92. The first-order valence-corrected chi connectivity index (χ1v) is 4.17. The number of nitrogens with zero attached hydrogens (tertiary/aromatic N) is 4. The fourth-order valence-corrected chi connectivity index (χ4v) is 1.22. The highest BCUT2D eigenvalue weighted by molar-refractivity contribution is 5.45. The van der Waals surface area contributed by atoms with Crippen LogP contribution in [0.15, 0.2) is 24.8 Å². The summed E-state index contributed by atoms with van der Waals surface area (Å²) in [6.07, 6.45) is 0.133. The SMILES string of the molecule is Nc1cnn(-c2cnccn2)c1C(F)(F)F. The van der Waals surface area contributed by atoms with E-state index in [0.717, 1.165) is 6.20 Å². The van der Waals surface area contributed by atoms with Crippen molar-refractivity contribution in [1.29, 1.82) is 0 Å². The minimum absolute atomic E-state index is 0.0356. The first kappa shape index (κ1) is 10.4. The zero-order valence-corrected chi connectivity index (χ0v) is 7.81. The van der Waals surface area contributed by atoms with Crippen LogP contribution in [0, 0.1) is 0 Å². The van der Waals surface area contributed by atoms with Crippen LogP contribution in [0.2, 0.25) is 0 Å². The second kappa shape index (κ2) is 3.47. The van der Waals surface area contributed by atoms with E-state index in [1.807, 2.05) is 0 Å². The molecule has 84 valence electrons. The Kier molecular flexibility index (Phi) is 2.26. The van der Waals surface area contributed by atoms with Gasteiger partial charge >= 0.3 is 6.18 Å². The molecule has 2 aromatic rings. The molecule has 0 saturated carbocycles. The van der Waals surface area contributed by atoms with Crippen molar-refractivity contribution in [3.05, 3.63) is 30.5 Å². The summed E-state index contributed by atoms with van der Waals surface area (Å²) in [7, 11) is 0. The lowest BCUT2D eigenvalue weighted by molar-refractivity contribution is -0.142. The Morgan fingerprint density at radius 2 is 1.94 bits per heavy atom. The first-order valence-electron chi connectivity index (χ1n) is 4.17. The monoisotopic (exact) mass is 229 g/mol. The van der Waals surface area contributed by atoms with Gasteiger partial charge in [0.25, 0.3) is 0 Å². The molecule has 0 spiro atoms. The van der Waals surface area contributed by atoms with E-state index < -0.39 is 17.6 Å². The fourth-order valence-electron chi connectivity index (χ4n) is 1.22. The number of nitrogens with two attached hydrogens (primary N) is 1. The molecule has 16 heavy (non-hydrogen) atoms. The lowest BCUT2D eigenvalue weighted by Gasteiger charge is -2.09. The van der Waals surface area contributed by atoms with Gasteiger partial charge in [0.2, 0.25) is 0 Å². The molecular weight excluding hydrogens is 223 g/mol. The van der Waals surface area contributed by atoms with Gasteiger partial charge in [-0.25, -0.2) is 9.67 Å². The van der Waals surface area contributed by atoms with Gasteiger partial charge in [0, 0.05) is 12.4 Å². The highest BCUT2D eigenvalue weighted by Gasteiger charge is 2.38. The van der Waals surface area contributed by atoms with Crippen molar-refractivity contribution in [3.8, 4) is 5.82 Å². The Morgan fingerprint density at radius 1 is 1.19 bits per heavy atom. The average Bonchev–Trinajstić information content (AvgIpc) is 2.61. The van der Waals surface area contributed by atoms with Crippen molar-refractivity contribution in [2.75, 3.05) is 5.73 Å². The first-order chi connectivity index (χ1) is 7.50. The molecule has 0 aliphatic heterocycles. The van der Waals surface area contributed by atoms with Gasteiger partial charge in [0.05, 0.1) is 18.1 Å². The van der Waals surface area contributed by atoms with Crippen LogP contribution in [0.3, 0.4) is 0 Å². The largest absolute Gasteiger partial charge is 0.435 e. The zero-order valence-electron chi connectivity index (χ0n) is 7.81. The van der Waals surface area contributed by atoms with Crippen LogP contribution in [-0.4, -0.2) is 19.7 Å². The summed E-state index contributed by atoms with van der Waals surface area (Å²) in [6, 6.07) is 0. The number of rotatable bonds is 1. The van der Waals surface area contributed by atoms with Crippen molar-refractivity contribution in [2.24, 2.45) is 0 Å². The van der Waals surface area contributed by atoms with E-state index in [2.05, 4.69) is 15.1 Å². The second-order valence-electron chi connectivity index (χ2n) is 2.92. The number of aromatic nitrogens is 4. The van der Waals surface area contributed by atoms with Crippen LogP contribution >= 0.6 is 0 Å². The maximum atomic E-state index is 12.6. The van der Waals surface area contributed by atoms with Crippen molar-refractivity contribution in [2.45, 2.75) is 6.18 Å². The third-order valence-corrected chi connectivity index (χ3v) is 1.83. The van der Waals surface area contributed by atoms with Gasteiger partial charge in [-0.3, -0.25) is 4.98 Å². The zero-order chi connectivity index (χ0) is 11.8. The number of halogens is 3. The Hall–Kier alpha value is -2.12. The molecule has 5 nitrogen and oxygen atoms in total. The lowest BCUT2D eigenvalue weighted by atomic mass is 10.3. The minimum Gasteiger partial charge on any atom is -0.396 e. The van der Waals surface area contributed by atoms with Gasteiger partial charge in [-0.1, -0.05) is 0 Å². The topological polar surface area (TPSA) is 69.6 Å². The summed E-state index contributed by atoms with van der Waals surface area (Å²) in [6.45, 7) is 0. The quantitative estimate of drug-likeness (QED) is 0.799. The molecule has 2 N–H and O–H groups in total. The molecule has 2 aromatic heterocycles. The van der Waals surface area contributed by atoms with Gasteiger partial charge in [0.15, 0.2) is 11.5 Å². The number of hydrogen-bond donors (Lipinski definition) is 1. The summed E-state index contributed by atoms with van der Waals surface area (Å²) in [5.41, 5.74) is 3.72. The molecule has 0 aliphatic rings. The molecule has 0 aromatic carbocycles. The summed E-state index contributed by atoms with van der Waals surface area (Å²) >= 11 is 0. The molecule has 0 fully saturated rings. The summed E-state index contributed by atoms with van der Waals surface area (Å²) in [4.78, 5) is 7.38. The maximum Gasteiger partial charge on any atom is 0.435 e. The molecule has 0 aliphatic carbocycles. The van der Waals surface area contributed by atoms with Crippen LogP contribution in [-0.2, 0) is 6.18 Å². The van der Waals surface area contributed by atoms with Crippen LogP contribution < -0.4 is 5.73 Å². The molecule has 0 saturated heterocycles. The Morgan fingerprint density at radius 3 is 2.50 bits per heavy atom. The van der Waals surface area contributed by atoms with Gasteiger partial charge in [-0.05, 0) is 0 Å². The molecule has 8 heteroatoms. The maximum absolute atomic E-state index is 12.6. The van der Waals surface area contributed by atoms with E-state index in [0.29, 0.717) is 4.68 Å². The molecule has 0 amide bonds. The number of nitrogen functional groups attached to an aromatic ring is 1. The Bertz CT molecular complexity index is 490. The summed E-state index contributed by atoms with van der Waals surface area (Å²) in [5, 5.41) is 3.52. The van der Waals surface area contributed by atoms with E-state index in [1.54, 1.807) is 0 Å². The minimum atomic E-state index is -4.59. The van der Waals surface area contributed by atoms with Crippen LogP contribution in [0.25, 0.3) is 5.82 Å². The molecule has 2 rings (SSSR count). The summed E-state index contributed by atoms with van der Waals surface area (Å²) < 4.78 is 38.5. The molecule has 0 unspecified atom stereocenters. The van der Waals surface area contributed by atoms with Crippen molar-refractivity contribution in [1.82, 2.24) is 19.7 Å². The van der Waals surface area contributed by atoms with Crippen LogP contribution in [0.1, 0.15) is 5.69 Å². The third-order valence-electron chi connectivity index (χ3n) is 1.83. The highest BCUT2D eigenvalue weighted by Crippen LogP contribution is 2.34. The van der Waals surface area contributed by atoms with Gasteiger partial charge in [-0.2, -0.15) is 18.3 Å². The normalized spacial score (nSPS) is 11.7. The Labute approximate surface area is 87.7 Å². The van der Waals surface area contributed by atoms with Gasteiger partial charge < -0.3 is 5.73 Å². The average molecular weight is 229 g/mol. The lowest BCUT2D eigenvalue weighted by Crippen LogP contribution is -2.16. The standard InChI is InChI=1S/C8H6F3N5/c9-8(10,11)7-5(12)3-15-16(7)6-4-13-1-2-14-6/h1-4H,12H2. The van der Waals surface area contributed by atoms with Crippen LogP contribution in [0.4, 0.5) is 18.9 Å². The fraction of sp³-hybridized carbons (Fsp3) is 0.125. The van der Waals surface area contributed by atoms with Crippen LogP contribution in [0.5, 0.6) is 0 Å². The van der Waals surface area contributed by atoms with Gasteiger partial charge in [-0.15, -0.1) is 0 Å². The van der Waals surface area contributed by atoms with E-state index in [4.69, 9.17) is 5.73 Å². The van der Waals surface area contributed by atoms with E-state index in [-0.39, 0.29) is 5.82 Å². The van der Waals surface area contributed by atoms with Crippen molar-refractivity contribution < 1.29 is 13.2 Å². The third kappa shape index (κ3) is 1.69. The molecule has 0 bridgehead atoms. The number of anilines is 1. The van der Waals surface area contributed by atoms with Crippen molar-refractivity contribution in [3.63, 3.8) is 0 Å². The molecule has 2 heterocycles. The van der Waals surface area contributed by atoms with E-state index in [9.17, 15) is 13.2 Å². The summed E-state index contributed by atoms with van der Waals surface area (Å²) in [5.74, 6) is -0.0356. The van der Waals surface area contributed by atoms with Crippen molar-refractivity contribution >= 4 is 5.69 Å². The Balaban J connectivity index is 2.60. The van der Waals surface area contributed by atoms with E-state index >= 15 is 0 Å². The smallest absolute Gasteiger partial charge is 0.396 e. The number of alkyl halides is 3. The molecule has 0 radical (unpaired) electrons. The highest BCUT2D eigenvalue weighted by atomic mass is 19.4. The number of hydrogen-bond acceptors (Lipinski definition) is 4. The predicted molar refractivity (Wildman–Crippen MR) is 48.6 cm³/mol. The molecule has 0 atom stereocenters. The van der Waals surface area contributed by atoms with Gasteiger partial charge in [0.1, 0.15) is 0 Å². The van der Waals surface area contributed by atoms with E-state index in [1.165, 1.54) is 18.6 Å².